The largest absolute Gasteiger partial charge is 0.325 e. The van der Waals surface area contributed by atoms with E-state index in [-0.39, 0.29) is 11.7 Å². The third-order valence-electron chi connectivity index (χ3n) is 4.66. The number of carbonyl (C=O) groups is 1. The first-order valence-corrected chi connectivity index (χ1v) is 7.75. The van der Waals surface area contributed by atoms with Crippen molar-refractivity contribution in [2.75, 3.05) is 5.32 Å². The van der Waals surface area contributed by atoms with Gasteiger partial charge in [-0.25, -0.2) is 4.39 Å². The van der Waals surface area contributed by atoms with Gasteiger partial charge in [0.1, 0.15) is 5.82 Å². The number of nitrogens with one attached hydrogen (secondary N) is 1. The van der Waals surface area contributed by atoms with Gasteiger partial charge in [0.05, 0.1) is 5.41 Å². The van der Waals surface area contributed by atoms with Crippen LogP contribution in [0.15, 0.2) is 48.5 Å². The predicted octanol–water partition coefficient (Wildman–Crippen LogP) is 4.58. The number of aryl methyl sites for hydroxylation is 1. The normalized spacial score (nSPS) is 16.5. The minimum absolute atomic E-state index is 0.0232. The molecule has 3 rings (SSSR count). The van der Waals surface area contributed by atoms with Crippen molar-refractivity contribution in [1.29, 1.82) is 0 Å². The zero-order valence-electron chi connectivity index (χ0n) is 12.7. The summed E-state index contributed by atoms with van der Waals surface area (Å²) < 4.78 is 13.6. The maximum atomic E-state index is 13.6. The van der Waals surface area contributed by atoms with E-state index in [1.165, 1.54) is 12.1 Å². The number of anilines is 1. The molecule has 0 atom stereocenters. The second kappa shape index (κ2) is 5.91. The average molecular weight is 297 g/mol. The zero-order chi connectivity index (χ0) is 15.6. The Morgan fingerprint density at radius 2 is 1.82 bits per heavy atom. The molecule has 0 bridgehead atoms. The van der Waals surface area contributed by atoms with Crippen LogP contribution in [0.2, 0.25) is 0 Å². The molecule has 114 valence electrons. The summed E-state index contributed by atoms with van der Waals surface area (Å²) >= 11 is 0. The summed E-state index contributed by atoms with van der Waals surface area (Å²) in [4.78, 5) is 13.0. The lowest BCUT2D eigenvalue weighted by atomic mass is 9.78. The molecule has 2 nitrogen and oxygen atoms in total. The summed E-state index contributed by atoms with van der Waals surface area (Å²) in [7, 11) is 0. The van der Waals surface area contributed by atoms with E-state index in [2.05, 4.69) is 5.32 Å². The Hall–Kier alpha value is -2.16. The van der Waals surface area contributed by atoms with Crippen molar-refractivity contribution in [2.24, 2.45) is 0 Å². The Morgan fingerprint density at radius 1 is 1.09 bits per heavy atom. The molecule has 0 heterocycles. The van der Waals surface area contributed by atoms with Crippen molar-refractivity contribution in [3.63, 3.8) is 0 Å². The highest BCUT2D eigenvalue weighted by Crippen LogP contribution is 2.42. The summed E-state index contributed by atoms with van der Waals surface area (Å²) in [6.45, 7) is 1.97. The van der Waals surface area contributed by atoms with Gasteiger partial charge in [-0.1, -0.05) is 43.2 Å². The van der Waals surface area contributed by atoms with Crippen LogP contribution in [-0.2, 0) is 10.2 Å². The van der Waals surface area contributed by atoms with E-state index in [0.29, 0.717) is 0 Å². The van der Waals surface area contributed by atoms with Crippen molar-refractivity contribution in [3.8, 4) is 0 Å². The Morgan fingerprint density at radius 3 is 2.50 bits per heavy atom. The number of para-hydroxylation sites is 1. The smallest absolute Gasteiger partial charge is 0.235 e. The second-order valence-corrected chi connectivity index (χ2v) is 6.07. The SMILES string of the molecule is Cc1ccccc1NC(=O)C1(c2cccc(F)c2)CCCC1. The fraction of sp³-hybridized carbons (Fsp3) is 0.316. The van der Waals surface area contributed by atoms with Crippen LogP contribution in [0.3, 0.4) is 0 Å². The molecule has 0 saturated heterocycles. The molecule has 1 fully saturated rings. The molecule has 1 N–H and O–H groups in total. The number of halogens is 1. The lowest BCUT2D eigenvalue weighted by Crippen LogP contribution is -2.38. The molecule has 2 aromatic carbocycles. The van der Waals surface area contributed by atoms with Gasteiger partial charge in [-0.3, -0.25) is 4.79 Å². The van der Waals surface area contributed by atoms with Crippen LogP contribution in [0.1, 0.15) is 36.8 Å². The molecule has 0 aromatic heterocycles. The van der Waals surface area contributed by atoms with E-state index in [9.17, 15) is 9.18 Å². The van der Waals surface area contributed by atoms with Crippen molar-refractivity contribution < 1.29 is 9.18 Å². The summed E-state index contributed by atoms with van der Waals surface area (Å²) in [6.07, 6.45) is 3.54. The van der Waals surface area contributed by atoms with E-state index < -0.39 is 5.41 Å². The van der Waals surface area contributed by atoms with E-state index in [1.54, 1.807) is 6.07 Å². The monoisotopic (exact) mass is 297 g/mol. The highest BCUT2D eigenvalue weighted by molar-refractivity contribution is 5.99. The van der Waals surface area contributed by atoms with Gasteiger partial charge in [-0.05, 0) is 49.1 Å². The highest BCUT2D eigenvalue weighted by Gasteiger charge is 2.42. The number of hydrogen-bond acceptors (Lipinski definition) is 1. The van der Waals surface area contributed by atoms with E-state index in [0.717, 1.165) is 42.5 Å². The van der Waals surface area contributed by atoms with Gasteiger partial charge in [0, 0.05) is 5.69 Å². The fourth-order valence-electron chi connectivity index (χ4n) is 3.37. The van der Waals surface area contributed by atoms with E-state index >= 15 is 0 Å². The van der Waals surface area contributed by atoms with Crippen molar-refractivity contribution in [3.05, 3.63) is 65.5 Å². The van der Waals surface area contributed by atoms with Gasteiger partial charge >= 0.3 is 0 Å². The maximum Gasteiger partial charge on any atom is 0.235 e. The molecule has 1 amide bonds. The van der Waals surface area contributed by atoms with Gasteiger partial charge in [0.15, 0.2) is 0 Å². The third kappa shape index (κ3) is 2.63. The Bertz CT molecular complexity index is 689. The first-order valence-electron chi connectivity index (χ1n) is 7.75. The maximum absolute atomic E-state index is 13.6. The van der Waals surface area contributed by atoms with Crippen LogP contribution in [0.4, 0.5) is 10.1 Å². The second-order valence-electron chi connectivity index (χ2n) is 6.07. The van der Waals surface area contributed by atoms with Gasteiger partial charge in [0.2, 0.25) is 5.91 Å². The first kappa shape index (κ1) is 14.8. The minimum Gasteiger partial charge on any atom is -0.325 e. The number of benzene rings is 2. The van der Waals surface area contributed by atoms with E-state index in [1.807, 2.05) is 37.3 Å². The first-order chi connectivity index (χ1) is 10.6. The van der Waals surface area contributed by atoms with Crippen LogP contribution in [0.5, 0.6) is 0 Å². The quantitative estimate of drug-likeness (QED) is 0.882. The molecule has 1 aliphatic carbocycles. The lowest BCUT2D eigenvalue weighted by molar-refractivity contribution is -0.121. The number of amides is 1. The summed E-state index contributed by atoms with van der Waals surface area (Å²) in [5.74, 6) is -0.308. The molecule has 0 radical (unpaired) electrons. The molecule has 0 unspecified atom stereocenters. The molecule has 3 heteroatoms. The molecule has 2 aromatic rings. The van der Waals surface area contributed by atoms with Crippen LogP contribution < -0.4 is 5.32 Å². The van der Waals surface area contributed by atoms with Gasteiger partial charge in [-0.2, -0.15) is 0 Å². The molecule has 1 aliphatic rings. The number of carbonyl (C=O) groups excluding carboxylic acids is 1. The standard InChI is InChI=1S/C19H20FNO/c1-14-7-2-3-10-17(14)21-18(22)19(11-4-5-12-19)15-8-6-9-16(20)13-15/h2-3,6-10,13H,4-5,11-12H2,1H3,(H,21,22). The number of hydrogen-bond donors (Lipinski definition) is 1. The Labute approximate surface area is 130 Å². The Balaban J connectivity index is 1.94. The minimum atomic E-state index is -0.607. The topological polar surface area (TPSA) is 29.1 Å². The van der Waals surface area contributed by atoms with Gasteiger partial charge < -0.3 is 5.32 Å². The van der Waals surface area contributed by atoms with Crippen LogP contribution in [0.25, 0.3) is 0 Å². The average Bonchev–Trinajstić information content (AvgIpc) is 3.00. The molecular weight excluding hydrogens is 277 g/mol. The third-order valence-corrected chi connectivity index (χ3v) is 4.66. The fourth-order valence-corrected chi connectivity index (χ4v) is 3.37. The summed E-state index contributed by atoms with van der Waals surface area (Å²) in [5.41, 5.74) is 2.04. The van der Waals surface area contributed by atoms with E-state index in [4.69, 9.17) is 0 Å². The van der Waals surface area contributed by atoms with Gasteiger partial charge in [0.25, 0.3) is 0 Å². The van der Waals surface area contributed by atoms with Crippen LogP contribution in [-0.4, -0.2) is 5.91 Å². The molecule has 0 aliphatic heterocycles. The summed E-state index contributed by atoms with van der Waals surface area (Å²) in [6, 6.07) is 14.2. The molecule has 0 spiro atoms. The van der Waals surface area contributed by atoms with Crippen molar-refractivity contribution in [2.45, 2.75) is 38.0 Å². The molecule has 22 heavy (non-hydrogen) atoms. The van der Waals surface area contributed by atoms with Gasteiger partial charge in [-0.15, -0.1) is 0 Å². The number of rotatable bonds is 3. The Kier molecular flexibility index (Phi) is 3.97. The highest BCUT2D eigenvalue weighted by atomic mass is 19.1. The zero-order valence-corrected chi connectivity index (χ0v) is 12.7. The molecule has 1 saturated carbocycles. The molecular formula is C19H20FNO. The summed E-state index contributed by atoms with van der Waals surface area (Å²) in [5, 5.41) is 3.05. The van der Waals surface area contributed by atoms with Crippen molar-refractivity contribution in [1.82, 2.24) is 0 Å². The van der Waals surface area contributed by atoms with Crippen molar-refractivity contribution >= 4 is 11.6 Å². The predicted molar refractivity (Wildman–Crippen MR) is 86.4 cm³/mol. The van der Waals surface area contributed by atoms with Crippen LogP contribution >= 0.6 is 0 Å². The van der Waals surface area contributed by atoms with Crippen LogP contribution in [0, 0.1) is 12.7 Å². The lowest BCUT2D eigenvalue weighted by Gasteiger charge is -2.28.